The van der Waals surface area contributed by atoms with Crippen LogP contribution in [0.5, 0.6) is 0 Å². The lowest BCUT2D eigenvalue weighted by molar-refractivity contribution is -0.140. The Balaban J connectivity index is 1.76. The van der Waals surface area contributed by atoms with Gasteiger partial charge in [-0.3, -0.25) is 4.79 Å². The number of carboxylic acid groups (broad SMARTS) is 1. The first-order valence-electron chi connectivity index (χ1n) is 6.88. The predicted octanol–water partition coefficient (Wildman–Crippen LogP) is 1.39. The molecule has 0 amide bonds. The van der Waals surface area contributed by atoms with Crippen LogP contribution in [0, 0.1) is 5.92 Å². The van der Waals surface area contributed by atoms with Crippen molar-refractivity contribution in [1.82, 2.24) is 4.31 Å². The van der Waals surface area contributed by atoms with Gasteiger partial charge < -0.3 is 9.84 Å². The number of rotatable bonds is 6. The minimum atomic E-state index is -3.75. The summed E-state index contributed by atoms with van der Waals surface area (Å²) >= 11 is 1.10. The summed E-state index contributed by atoms with van der Waals surface area (Å²) in [7, 11) is -3.75. The van der Waals surface area contributed by atoms with Crippen LogP contribution in [0.4, 0.5) is 0 Å². The van der Waals surface area contributed by atoms with Gasteiger partial charge in [-0.2, -0.15) is 4.31 Å². The van der Waals surface area contributed by atoms with Crippen molar-refractivity contribution in [3.05, 3.63) is 17.5 Å². The summed E-state index contributed by atoms with van der Waals surface area (Å²) in [5.74, 6) is -0.552. The van der Waals surface area contributed by atoms with E-state index >= 15 is 0 Å². The Labute approximate surface area is 127 Å². The van der Waals surface area contributed by atoms with E-state index in [1.165, 1.54) is 6.07 Å². The molecule has 1 aromatic heterocycles. The second kappa shape index (κ2) is 5.68. The number of carboxylic acids is 1. The normalized spacial score (nSPS) is 27.0. The molecule has 0 spiro atoms. The highest BCUT2D eigenvalue weighted by Gasteiger charge is 2.45. The smallest absolute Gasteiger partial charge is 0.322 e. The van der Waals surface area contributed by atoms with E-state index in [9.17, 15) is 18.3 Å². The van der Waals surface area contributed by atoms with Gasteiger partial charge in [-0.05, 0) is 30.2 Å². The molecule has 0 bridgehead atoms. The number of sulfonamides is 1. The number of carbonyl (C=O) groups is 1. The summed E-state index contributed by atoms with van der Waals surface area (Å²) < 4.78 is 32.0. The van der Waals surface area contributed by atoms with Crippen LogP contribution in [-0.4, -0.2) is 49.1 Å². The largest absolute Gasteiger partial charge is 0.480 e. The summed E-state index contributed by atoms with van der Waals surface area (Å²) in [5, 5.41) is 11.0. The Morgan fingerprint density at radius 3 is 2.81 bits per heavy atom. The van der Waals surface area contributed by atoms with Gasteiger partial charge in [0, 0.05) is 19.6 Å². The fourth-order valence-corrected chi connectivity index (χ4v) is 5.21. The topological polar surface area (TPSA) is 83.9 Å². The fourth-order valence-electron chi connectivity index (χ4n) is 2.46. The van der Waals surface area contributed by atoms with Crippen LogP contribution in [0.15, 0.2) is 21.7 Å². The van der Waals surface area contributed by atoms with Crippen LogP contribution in [0.1, 0.15) is 19.3 Å². The van der Waals surface area contributed by atoms with Crippen molar-refractivity contribution < 1.29 is 23.1 Å². The predicted molar refractivity (Wildman–Crippen MR) is 76.7 cm³/mol. The van der Waals surface area contributed by atoms with Crippen LogP contribution in [0.3, 0.4) is 0 Å². The zero-order valence-corrected chi connectivity index (χ0v) is 13.0. The van der Waals surface area contributed by atoms with Gasteiger partial charge in [-0.1, -0.05) is 6.07 Å². The highest BCUT2D eigenvalue weighted by molar-refractivity contribution is 7.91. The molecule has 0 radical (unpaired) electrons. The fraction of sp³-hybridized carbons (Fsp3) is 0.615. The van der Waals surface area contributed by atoms with Crippen molar-refractivity contribution >= 4 is 27.3 Å². The Kier molecular flexibility index (Phi) is 4.04. The molecule has 1 aliphatic heterocycles. The number of thiophene rings is 1. The summed E-state index contributed by atoms with van der Waals surface area (Å²) in [4.78, 5) is 11.4. The molecule has 1 N–H and O–H groups in total. The molecule has 1 aromatic rings. The monoisotopic (exact) mass is 331 g/mol. The molecule has 2 fully saturated rings. The van der Waals surface area contributed by atoms with Crippen molar-refractivity contribution in [2.24, 2.45) is 5.92 Å². The molecule has 116 valence electrons. The summed E-state index contributed by atoms with van der Waals surface area (Å²) in [6, 6.07) is 2.10. The van der Waals surface area contributed by atoms with E-state index in [-0.39, 0.29) is 23.3 Å². The molecule has 6 nitrogen and oxygen atoms in total. The van der Waals surface area contributed by atoms with Gasteiger partial charge in [-0.15, -0.1) is 11.3 Å². The van der Waals surface area contributed by atoms with Crippen LogP contribution >= 0.6 is 11.3 Å². The average molecular weight is 331 g/mol. The third-order valence-corrected chi connectivity index (χ3v) is 7.07. The summed E-state index contributed by atoms with van der Waals surface area (Å²) in [6.07, 6.45) is 2.17. The second-order valence-electron chi connectivity index (χ2n) is 5.50. The first kappa shape index (κ1) is 15.0. The maximum absolute atomic E-state index is 12.5. The Hall–Kier alpha value is -0.960. The third-order valence-electron chi connectivity index (χ3n) is 3.83. The molecule has 1 aliphatic carbocycles. The maximum Gasteiger partial charge on any atom is 0.322 e. The molecule has 1 saturated heterocycles. The second-order valence-corrected chi connectivity index (χ2v) is 8.56. The Morgan fingerprint density at radius 2 is 2.24 bits per heavy atom. The molecule has 2 heterocycles. The van der Waals surface area contributed by atoms with Crippen LogP contribution < -0.4 is 0 Å². The van der Waals surface area contributed by atoms with Crippen molar-refractivity contribution in [2.75, 3.05) is 13.2 Å². The van der Waals surface area contributed by atoms with Crippen LogP contribution in [0.2, 0.25) is 0 Å². The first-order valence-corrected chi connectivity index (χ1v) is 9.20. The van der Waals surface area contributed by atoms with Gasteiger partial charge in [0.2, 0.25) is 0 Å². The maximum atomic E-state index is 12.5. The summed E-state index contributed by atoms with van der Waals surface area (Å²) in [6.45, 7) is 0.716. The first-order chi connectivity index (χ1) is 9.98. The van der Waals surface area contributed by atoms with Crippen molar-refractivity contribution in [3.63, 3.8) is 0 Å². The SMILES string of the molecule is O=C(O)C1CC(OCC2CC2)CN1S(=O)(=O)c1cccs1. The van der Waals surface area contributed by atoms with Gasteiger partial charge >= 0.3 is 5.97 Å². The van der Waals surface area contributed by atoms with E-state index in [1.807, 2.05) is 0 Å². The lowest BCUT2D eigenvalue weighted by Gasteiger charge is -2.19. The number of nitrogens with zero attached hydrogens (tertiary/aromatic N) is 1. The third kappa shape index (κ3) is 3.13. The van der Waals surface area contributed by atoms with Crippen molar-refractivity contribution in [2.45, 2.75) is 35.6 Å². The highest BCUT2D eigenvalue weighted by Crippen LogP contribution is 2.33. The molecule has 2 aliphatic rings. The quantitative estimate of drug-likeness (QED) is 0.851. The van der Waals surface area contributed by atoms with Crippen molar-refractivity contribution in [1.29, 1.82) is 0 Å². The van der Waals surface area contributed by atoms with E-state index in [4.69, 9.17) is 4.74 Å². The molecule has 1 saturated carbocycles. The summed E-state index contributed by atoms with van der Waals surface area (Å²) in [5.41, 5.74) is 0. The van der Waals surface area contributed by atoms with E-state index in [0.29, 0.717) is 12.5 Å². The molecular weight excluding hydrogens is 314 g/mol. The number of hydrogen-bond acceptors (Lipinski definition) is 5. The molecule has 21 heavy (non-hydrogen) atoms. The van der Waals surface area contributed by atoms with Gasteiger partial charge in [0.05, 0.1) is 6.10 Å². The highest BCUT2D eigenvalue weighted by atomic mass is 32.2. The molecule has 2 unspecified atom stereocenters. The molecule has 2 atom stereocenters. The van der Waals surface area contributed by atoms with Crippen molar-refractivity contribution in [3.8, 4) is 0 Å². The Morgan fingerprint density at radius 1 is 1.48 bits per heavy atom. The van der Waals surface area contributed by atoms with Crippen LogP contribution in [0.25, 0.3) is 0 Å². The standard InChI is InChI=1S/C13H17NO5S2/c15-13(16)11-6-10(19-8-9-3-4-9)7-14(11)21(17,18)12-2-1-5-20-12/h1-2,5,9-11H,3-4,6-8H2,(H,15,16). The molecule has 0 aromatic carbocycles. The van der Waals surface area contributed by atoms with Crippen LogP contribution in [-0.2, 0) is 19.6 Å². The van der Waals surface area contributed by atoms with Gasteiger partial charge in [0.1, 0.15) is 10.3 Å². The number of hydrogen-bond donors (Lipinski definition) is 1. The van der Waals surface area contributed by atoms with Gasteiger partial charge in [-0.25, -0.2) is 8.42 Å². The minimum Gasteiger partial charge on any atom is -0.480 e. The van der Waals surface area contributed by atoms with E-state index in [0.717, 1.165) is 28.5 Å². The molecule has 3 rings (SSSR count). The average Bonchev–Trinajstić information content (AvgIpc) is 2.96. The number of aliphatic carboxylic acids is 1. The Bertz CT molecular complexity index is 609. The number of ether oxygens (including phenoxy) is 1. The van der Waals surface area contributed by atoms with E-state index in [1.54, 1.807) is 11.4 Å². The lowest BCUT2D eigenvalue weighted by Crippen LogP contribution is -2.40. The zero-order chi connectivity index (χ0) is 15.0. The van der Waals surface area contributed by atoms with Gasteiger partial charge in [0.25, 0.3) is 10.0 Å². The van der Waals surface area contributed by atoms with E-state index in [2.05, 4.69) is 0 Å². The molecular formula is C13H17NO5S2. The van der Waals surface area contributed by atoms with Gasteiger partial charge in [0.15, 0.2) is 0 Å². The molecule has 8 heteroatoms. The minimum absolute atomic E-state index is 0.115. The zero-order valence-electron chi connectivity index (χ0n) is 11.3. The lowest BCUT2D eigenvalue weighted by atomic mass is 10.2. The van der Waals surface area contributed by atoms with E-state index < -0.39 is 22.0 Å².